The van der Waals surface area contributed by atoms with Crippen LogP contribution in [-0.4, -0.2) is 73.0 Å². The van der Waals surface area contributed by atoms with E-state index in [0.29, 0.717) is 6.04 Å². The van der Waals surface area contributed by atoms with E-state index in [-0.39, 0.29) is 5.91 Å². The first kappa shape index (κ1) is 17.4. The highest BCUT2D eigenvalue weighted by Gasteiger charge is 2.28. The number of aryl methyl sites for hydroxylation is 1. The van der Waals surface area contributed by atoms with Gasteiger partial charge in [0, 0.05) is 50.9 Å². The molecule has 2 saturated heterocycles. The number of piperazine rings is 1. The minimum atomic E-state index is 0.233. The maximum Gasteiger partial charge on any atom is 0.254 e. The zero-order chi connectivity index (χ0) is 16.9. The molecule has 4 nitrogen and oxygen atoms in total. The Labute approximate surface area is 146 Å². The molecule has 132 valence electrons. The van der Waals surface area contributed by atoms with Crippen LogP contribution in [0.3, 0.4) is 0 Å². The summed E-state index contributed by atoms with van der Waals surface area (Å²) >= 11 is 0. The van der Waals surface area contributed by atoms with Crippen LogP contribution in [0.1, 0.15) is 41.6 Å². The normalized spacial score (nSPS) is 23.4. The van der Waals surface area contributed by atoms with Gasteiger partial charge in [-0.15, -0.1) is 0 Å². The molecule has 0 N–H and O–H groups in total. The van der Waals surface area contributed by atoms with Crippen LogP contribution in [0.2, 0.25) is 0 Å². The van der Waals surface area contributed by atoms with Gasteiger partial charge in [0.1, 0.15) is 0 Å². The third-order valence-corrected chi connectivity index (χ3v) is 5.64. The molecule has 2 aliphatic heterocycles. The van der Waals surface area contributed by atoms with E-state index in [1.165, 1.54) is 6.42 Å². The van der Waals surface area contributed by atoms with Crippen molar-refractivity contribution in [2.75, 3.05) is 46.3 Å². The molecular formula is C20H31N3O. The molecule has 0 radical (unpaired) electrons. The fourth-order valence-corrected chi connectivity index (χ4v) is 3.94. The van der Waals surface area contributed by atoms with Gasteiger partial charge in [-0.25, -0.2) is 0 Å². The third-order valence-electron chi connectivity index (χ3n) is 5.64. The summed E-state index contributed by atoms with van der Waals surface area (Å²) in [6, 6.07) is 8.40. The standard InChI is InChI=1S/C20H31N3O/c1-17-7-3-4-9-19(17)20(24)23-11-6-5-8-18(23)10-12-22-15-13-21(2)14-16-22/h3-4,7,9,18H,5-6,8,10-16H2,1-2H3/t18-/m1/s1. The lowest BCUT2D eigenvalue weighted by molar-refractivity contribution is 0.0569. The number of likely N-dealkylation sites (tertiary alicyclic amines) is 1. The molecule has 0 aliphatic carbocycles. The maximum absolute atomic E-state index is 13.0. The van der Waals surface area contributed by atoms with Gasteiger partial charge in [-0.1, -0.05) is 18.2 Å². The zero-order valence-electron chi connectivity index (χ0n) is 15.2. The molecule has 4 heteroatoms. The first-order valence-electron chi connectivity index (χ1n) is 9.42. The summed E-state index contributed by atoms with van der Waals surface area (Å²) in [5.41, 5.74) is 1.97. The van der Waals surface area contributed by atoms with Gasteiger partial charge in [-0.05, 0) is 51.3 Å². The molecule has 24 heavy (non-hydrogen) atoms. The van der Waals surface area contributed by atoms with Crippen LogP contribution < -0.4 is 0 Å². The number of amides is 1. The van der Waals surface area contributed by atoms with Gasteiger partial charge in [0.05, 0.1) is 0 Å². The highest BCUT2D eigenvalue weighted by Crippen LogP contribution is 2.23. The average Bonchev–Trinajstić information content (AvgIpc) is 2.61. The maximum atomic E-state index is 13.0. The summed E-state index contributed by atoms with van der Waals surface area (Å²) in [5.74, 6) is 0.233. The summed E-state index contributed by atoms with van der Waals surface area (Å²) in [6.45, 7) is 8.73. The fourth-order valence-electron chi connectivity index (χ4n) is 3.94. The number of benzene rings is 1. The second-order valence-corrected chi connectivity index (χ2v) is 7.40. The molecule has 2 heterocycles. The molecule has 1 aromatic rings. The second-order valence-electron chi connectivity index (χ2n) is 7.40. The van der Waals surface area contributed by atoms with Crippen molar-refractivity contribution in [3.05, 3.63) is 35.4 Å². The quantitative estimate of drug-likeness (QED) is 0.850. The van der Waals surface area contributed by atoms with E-state index in [4.69, 9.17) is 0 Å². The van der Waals surface area contributed by atoms with Gasteiger partial charge in [-0.3, -0.25) is 4.79 Å². The molecule has 1 atom stereocenters. The molecule has 2 aliphatic rings. The van der Waals surface area contributed by atoms with Gasteiger partial charge in [0.25, 0.3) is 5.91 Å². The predicted molar refractivity (Wildman–Crippen MR) is 98.4 cm³/mol. The zero-order valence-corrected chi connectivity index (χ0v) is 15.2. The first-order valence-corrected chi connectivity index (χ1v) is 9.42. The SMILES string of the molecule is Cc1ccccc1C(=O)N1CCCC[C@@H]1CCN1CCN(C)CC1. The van der Waals surface area contributed by atoms with Crippen molar-refractivity contribution >= 4 is 5.91 Å². The van der Waals surface area contributed by atoms with Crippen molar-refractivity contribution in [1.82, 2.24) is 14.7 Å². The number of hydrogen-bond acceptors (Lipinski definition) is 3. The van der Waals surface area contributed by atoms with Gasteiger partial charge >= 0.3 is 0 Å². The molecular weight excluding hydrogens is 298 g/mol. The Bertz CT molecular complexity index is 552. The Morgan fingerprint density at radius 1 is 1.08 bits per heavy atom. The molecule has 0 spiro atoms. The summed E-state index contributed by atoms with van der Waals surface area (Å²) in [6.07, 6.45) is 4.67. The van der Waals surface area contributed by atoms with Crippen LogP contribution in [0.15, 0.2) is 24.3 Å². The van der Waals surface area contributed by atoms with E-state index in [1.807, 2.05) is 31.2 Å². The lowest BCUT2D eigenvalue weighted by Crippen LogP contribution is -2.48. The number of rotatable bonds is 4. The molecule has 0 aromatic heterocycles. The lowest BCUT2D eigenvalue weighted by atomic mass is 9.97. The van der Waals surface area contributed by atoms with Crippen molar-refractivity contribution < 1.29 is 4.79 Å². The van der Waals surface area contributed by atoms with Crippen molar-refractivity contribution in [2.24, 2.45) is 0 Å². The largest absolute Gasteiger partial charge is 0.336 e. The second kappa shape index (κ2) is 8.13. The highest BCUT2D eigenvalue weighted by atomic mass is 16.2. The van der Waals surface area contributed by atoms with E-state index >= 15 is 0 Å². The predicted octanol–water partition coefficient (Wildman–Crippen LogP) is 2.63. The van der Waals surface area contributed by atoms with Crippen LogP contribution in [0.4, 0.5) is 0 Å². The number of carbonyl (C=O) groups is 1. The van der Waals surface area contributed by atoms with Gasteiger partial charge < -0.3 is 14.7 Å². The fraction of sp³-hybridized carbons (Fsp3) is 0.650. The van der Waals surface area contributed by atoms with Crippen molar-refractivity contribution in [1.29, 1.82) is 0 Å². The van der Waals surface area contributed by atoms with Crippen LogP contribution in [0, 0.1) is 6.92 Å². The Morgan fingerprint density at radius 2 is 1.83 bits per heavy atom. The molecule has 0 unspecified atom stereocenters. The molecule has 0 saturated carbocycles. The lowest BCUT2D eigenvalue weighted by Gasteiger charge is -2.38. The Morgan fingerprint density at radius 3 is 2.58 bits per heavy atom. The summed E-state index contributed by atoms with van der Waals surface area (Å²) in [5, 5.41) is 0. The van der Waals surface area contributed by atoms with E-state index in [9.17, 15) is 4.79 Å². The first-order chi connectivity index (χ1) is 11.6. The molecule has 2 fully saturated rings. The summed E-state index contributed by atoms with van der Waals surface area (Å²) in [4.78, 5) is 20.1. The van der Waals surface area contributed by atoms with Crippen LogP contribution >= 0.6 is 0 Å². The number of nitrogens with zero attached hydrogens (tertiary/aromatic N) is 3. The Balaban J connectivity index is 1.61. The van der Waals surface area contributed by atoms with Gasteiger partial charge in [0.2, 0.25) is 0 Å². The molecule has 1 amide bonds. The Kier molecular flexibility index (Phi) is 5.90. The van der Waals surface area contributed by atoms with Crippen molar-refractivity contribution in [3.63, 3.8) is 0 Å². The van der Waals surface area contributed by atoms with Crippen molar-refractivity contribution in [2.45, 2.75) is 38.6 Å². The monoisotopic (exact) mass is 329 g/mol. The van der Waals surface area contributed by atoms with Gasteiger partial charge in [-0.2, -0.15) is 0 Å². The number of carbonyl (C=O) groups excluding carboxylic acids is 1. The molecule has 0 bridgehead atoms. The van der Waals surface area contributed by atoms with E-state index < -0.39 is 0 Å². The highest BCUT2D eigenvalue weighted by molar-refractivity contribution is 5.95. The van der Waals surface area contributed by atoms with Crippen LogP contribution in [0.5, 0.6) is 0 Å². The van der Waals surface area contributed by atoms with E-state index in [1.54, 1.807) is 0 Å². The summed E-state index contributed by atoms with van der Waals surface area (Å²) in [7, 11) is 2.20. The van der Waals surface area contributed by atoms with Crippen LogP contribution in [0.25, 0.3) is 0 Å². The Hall–Kier alpha value is -1.39. The number of piperidine rings is 1. The van der Waals surface area contributed by atoms with Gasteiger partial charge in [0.15, 0.2) is 0 Å². The third kappa shape index (κ3) is 4.17. The molecule has 3 rings (SSSR count). The molecule has 1 aromatic carbocycles. The minimum absolute atomic E-state index is 0.233. The average molecular weight is 329 g/mol. The van der Waals surface area contributed by atoms with Crippen LogP contribution in [-0.2, 0) is 0 Å². The topological polar surface area (TPSA) is 26.8 Å². The smallest absolute Gasteiger partial charge is 0.254 e. The summed E-state index contributed by atoms with van der Waals surface area (Å²) < 4.78 is 0. The van der Waals surface area contributed by atoms with E-state index in [2.05, 4.69) is 21.7 Å². The van der Waals surface area contributed by atoms with E-state index in [0.717, 1.165) is 69.7 Å². The number of hydrogen-bond donors (Lipinski definition) is 0. The minimum Gasteiger partial charge on any atom is -0.336 e. The number of likely N-dealkylation sites (N-methyl/N-ethyl adjacent to an activating group) is 1. The van der Waals surface area contributed by atoms with Crippen molar-refractivity contribution in [3.8, 4) is 0 Å².